The average molecular weight is 410 g/mol. The summed E-state index contributed by atoms with van der Waals surface area (Å²) in [4.78, 5) is 33.8. The number of nitrogens with one attached hydrogen (secondary N) is 1. The first-order valence-electron chi connectivity index (χ1n) is 7.88. The number of ether oxygens (including phenoxy) is 1. The molecule has 0 saturated heterocycles. The van der Waals surface area contributed by atoms with Crippen molar-refractivity contribution < 1.29 is 32.1 Å². The van der Waals surface area contributed by atoms with Crippen LogP contribution in [0, 0.1) is 15.9 Å². The zero-order valence-corrected chi connectivity index (χ0v) is 15.4. The summed E-state index contributed by atoms with van der Waals surface area (Å²) in [6.45, 7) is 0.569. The maximum atomic E-state index is 13.7. The summed E-state index contributed by atoms with van der Waals surface area (Å²) < 4.78 is 42.5. The van der Waals surface area contributed by atoms with Crippen molar-refractivity contribution in [3.63, 3.8) is 0 Å². The zero-order valence-electron chi connectivity index (χ0n) is 14.5. The van der Waals surface area contributed by atoms with Crippen molar-refractivity contribution in [3.8, 4) is 0 Å². The van der Waals surface area contributed by atoms with Crippen LogP contribution in [0.25, 0.3) is 0 Å². The molecule has 0 aromatic heterocycles. The summed E-state index contributed by atoms with van der Waals surface area (Å²) >= 11 is 0. The van der Waals surface area contributed by atoms with Gasteiger partial charge in [0.1, 0.15) is 5.82 Å². The van der Waals surface area contributed by atoms with E-state index in [4.69, 9.17) is 4.74 Å². The first-order chi connectivity index (χ1) is 13.2. The Kier molecular flexibility index (Phi) is 6.41. The van der Waals surface area contributed by atoms with Crippen LogP contribution >= 0.6 is 0 Å². The largest absolute Gasteiger partial charge is 0.452 e. The molecule has 0 spiro atoms. The lowest BCUT2D eigenvalue weighted by Gasteiger charge is -2.10. The Hall–Kier alpha value is -3.34. The summed E-state index contributed by atoms with van der Waals surface area (Å²) in [5, 5.41) is 12.8. The number of rotatable bonds is 7. The standard InChI is InChI=1S/C17H15FN2O7S/c1-2-28(25,26)15-6-4-3-5-12(15)17(22)27-10-16(21)19-14-9-11(20(23)24)7-8-13(14)18/h3-9H,2,10H2,1H3,(H,19,21). The first kappa shape index (κ1) is 21.0. The van der Waals surface area contributed by atoms with Gasteiger partial charge in [0, 0.05) is 12.1 Å². The number of hydrogen-bond donors (Lipinski definition) is 1. The number of sulfone groups is 1. The van der Waals surface area contributed by atoms with Gasteiger partial charge in [-0.15, -0.1) is 0 Å². The lowest BCUT2D eigenvalue weighted by Crippen LogP contribution is -2.22. The molecule has 0 saturated carbocycles. The van der Waals surface area contributed by atoms with Crippen molar-refractivity contribution in [1.82, 2.24) is 0 Å². The SMILES string of the molecule is CCS(=O)(=O)c1ccccc1C(=O)OCC(=O)Nc1cc([N+](=O)[O-])ccc1F. The second-order valence-electron chi connectivity index (χ2n) is 5.45. The molecule has 11 heteroatoms. The van der Waals surface area contributed by atoms with Gasteiger partial charge in [-0.05, 0) is 18.2 Å². The molecule has 0 heterocycles. The molecule has 148 valence electrons. The lowest BCUT2D eigenvalue weighted by atomic mass is 10.2. The number of nitro benzene ring substituents is 1. The minimum absolute atomic E-state index is 0.229. The summed E-state index contributed by atoms with van der Waals surface area (Å²) in [7, 11) is -3.69. The van der Waals surface area contributed by atoms with Gasteiger partial charge in [-0.1, -0.05) is 19.1 Å². The predicted octanol–water partition coefficient (Wildman–Crippen LogP) is 2.32. The van der Waals surface area contributed by atoms with Crippen LogP contribution < -0.4 is 5.32 Å². The molecule has 0 unspecified atom stereocenters. The van der Waals surface area contributed by atoms with Crippen LogP contribution in [0.1, 0.15) is 17.3 Å². The Morgan fingerprint density at radius 3 is 2.54 bits per heavy atom. The number of benzene rings is 2. The third-order valence-electron chi connectivity index (χ3n) is 3.59. The van der Waals surface area contributed by atoms with Crippen LogP contribution in [-0.4, -0.2) is 37.6 Å². The van der Waals surface area contributed by atoms with Gasteiger partial charge in [-0.3, -0.25) is 14.9 Å². The van der Waals surface area contributed by atoms with Crippen molar-refractivity contribution in [2.45, 2.75) is 11.8 Å². The maximum absolute atomic E-state index is 13.7. The zero-order chi connectivity index (χ0) is 20.9. The normalized spacial score (nSPS) is 10.9. The van der Waals surface area contributed by atoms with Crippen LogP contribution in [0.5, 0.6) is 0 Å². The molecular formula is C17H15FN2O7S. The van der Waals surface area contributed by atoms with Gasteiger partial charge in [-0.2, -0.15) is 0 Å². The minimum atomic E-state index is -3.69. The molecule has 28 heavy (non-hydrogen) atoms. The van der Waals surface area contributed by atoms with E-state index < -0.39 is 50.4 Å². The monoisotopic (exact) mass is 410 g/mol. The third kappa shape index (κ3) is 4.88. The van der Waals surface area contributed by atoms with E-state index in [0.717, 1.165) is 18.2 Å². The van der Waals surface area contributed by atoms with Crippen molar-refractivity contribution in [1.29, 1.82) is 0 Å². The number of halogens is 1. The Labute approximate surface area is 159 Å². The first-order valence-corrected chi connectivity index (χ1v) is 9.53. The number of hydrogen-bond acceptors (Lipinski definition) is 7. The molecule has 1 N–H and O–H groups in total. The van der Waals surface area contributed by atoms with Gasteiger partial charge < -0.3 is 10.1 Å². The highest BCUT2D eigenvalue weighted by Crippen LogP contribution is 2.21. The molecule has 0 fully saturated rings. The van der Waals surface area contributed by atoms with E-state index >= 15 is 0 Å². The number of esters is 1. The number of carbonyl (C=O) groups is 2. The number of anilines is 1. The molecule has 0 atom stereocenters. The molecule has 0 bridgehead atoms. The fourth-order valence-electron chi connectivity index (χ4n) is 2.18. The van der Waals surface area contributed by atoms with E-state index in [1.54, 1.807) is 0 Å². The van der Waals surface area contributed by atoms with Crippen molar-refractivity contribution in [3.05, 3.63) is 64.0 Å². The topological polar surface area (TPSA) is 133 Å². The third-order valence-corrected chi connectivity index (χ3v) is 5.38. The van der Waals surface area contributed by atoms with Gasteiger partial charge in [0.25, 0.3) is 11.6 Å². The second-order valence-corrected chi connectivity index (χ2v) is 7.69. The Morgan fingerprint density at radius 2 is 1.89 bits per heavy atom. The molecular weight excluding hydrogens is 395 g/mol. The molecule has 0 aliphatic carbocycles. The van der Waals surface area contributed by atoms with Gasteiger partial charge >= 0.3 is 5.97 Å². The van der Waals surface area contributed by atoms with E-state index in [-0.39, 0.29) is 16.2 Å². The lowest BCUT2D eigenvalue weighted by molar-refractivity contribution is -0.384. The summed E-state index contributed by atoms with van der Waals surface area (Å²) in [6, 6.07) is 7.91. The minimum Gasteiger partial charge on any atom is -0.452 e. The quantitative estimate of drug-likeness (QED) is 0.421. The molecule has 2 aromatic carbocycles. The van der Waals surface area contributed by atoms with Crippen LogP contribution in [0.15, 0.2) is 47.4 Å². The number of nitro groups is 1. The van der Waals surface area contributed by atoms with E-state index in [1.807, 2.05) is 0 Å². The predicted molar refractivity (Wildman–Crippen MR) is 96.1 cm³/mol. The average Bonchev–Trinajstić information content (AvgIpc) is 2.67. The van der Waals surface area contributed by atoms with Crippen LogP contribution in [-0.2, 0) is 19.4 Å². The number of carbonyl (C=O) groups excluding carboxylic acids is 2. The number of nitrogens with zero attached hydrogens (tertiary/aromatic N) is 1. The van der Waals surface area contributed by atoms with E-state index in [9.17, 15) is 32.5 Å². The van der Waals surface area contributed by atoms with Crippen LogP contribution in [0.2, 0.25) is 0 Å². The highest BCUT2D eigenvalue weighted by molar-refractivity contribution is 7.91. The molecule has 0 aliphatic rings. The smallest absolute Gasteiger partial charge is 0.339 e. The van der Waals surface area contributed by atoms with Gasteiger partial charge in [0.15, 0.2) is 16.4 Å². The molecule has 0 radical (unpaired) electrons. The molecule has 9 nitrogen and oxygen atoms in total. The van der Waals surface area contributed by atoms with Crippen LogP contribution in [0.3, 0.4) is 0 Å². The van der Waals surface area contributed by atoms with E-state index in [2.05, 4.69) is 5.32 Å². The van der Waals surface area contributed by atoms with Gasteiger partial charge in [0.2, 0.25) is 0 Å². The van der Waals surface area contributed by atoms with Crippen molar-refractivity contribution in [2.24, 2.45) is 0 Å². The van der Waals surface area contributed by atoms with Crippen molar-refractivity contribution >= 4 is 33.1 Å². The summed E-state index contributed by atoms with van der Waals surface area (Å²) in [6.07, 6.45) is 0. The molecule has 1 amide bonds. The van der Waals surface area contributed by atoms with Gasteiger partial charge in [-0.25, -0.2) is 17.6 Å². The fraction of sp³-hybridized carbons (Fsp3) is 0.176. The highest BCUT2D eigenvalue weighted by atomic mass is 32.2. The Balaban J connectivity index is 2.10. The van der Waals surface area contributed by atoms with Crippen molar-refractivity contribution in [2.75, 3.05) is 17.7 Å². The molecule has 2 rings (SSSR count). The molecule has 2 aromatic rings. The van der Waals surface area contributed by atoms with Crippen LogP contribution in [0.4, 0.5) is 15.8 Å². The second kappa shape index (κ2) is 8.57. The molecule has 0 aliphatic heterocycles. The Morgan fingerprint density at radius 1 is 1.21 bits per heavy atom. The summed E-state index contributed by atoms with van der Waals surface area (Å²) in [5.74, 6) is -3.15. The Bertz CT molecular complexity index is 1040. The van der Waals surface area contributed by atoms with E-state index in [0.29, 0.717) is 0 Å². The highest BCUT2D eigenvalue weighted by Gasteiger charge is 2.22. The maximum Gasteiger partial charge on any atom is 0.339 e. The number of non-ortho nitro benzene ring substituents is 1. The fourth-order valence-corrected chi connectivity index (χ4v) is 3.26. The van der Waals surface area contributed by atoms with E-state index in [1.165, 1.54) is 31.2 Å². The number of amides is 1. The van der Waals surface area contributed by atoms with Gasteiger partial charge in [0.05, 0.1) is 26.8 Å². The summed E-state index contributed by atoms with van der Waals surface area (Å²) in [5.41, 5.74) is -1.13.